The molecular weight excluding hydrogens is 218 g/mol. The summed E-state index contributed by atoms with van der Waals surface area (Å²) in [5.41, 5.74) is 1.02. The van der Waals surface area contributed by atoms with Gasteiger partial charge in [0, 0.05) is 43.9 Å². The predicted molar refractivity (Wildman–Crippen MR) is 65.8 cm³/mol. The van der Waals surface area contributed by atoms with Gasteiger partial charge in [0.25, 0.3) is 5.69 Å². The summed E-state index contributed by atoms with van der Waals surface area (Å²) in [5.74, 6) is 0. The molecule has 0 aromatic heterocycles. The van der Waals surface area contributed by atoms with E-state index in [1.165, 1.54) is 0 Å². The number of benzene rings is 1. The van der Waals surface area contributed by atoms with Crippen molar-refractivity contribution in [3.8, 4) is 0 Å². The molecular formula is C12H17N3O2. The van der Waals surface area contributed by atoms with Crippen LogP contribution in [0.3, 0.4) is 0 Å². The van der Waals surface area contributed by atoms with E-state index < -0.39 is 0 Å². The molecule has 5 heteroatoms. The zero-order valence-electron chi connectivity index (χ0n) is 9.93. The van der Waals surface area contributed by atoms with Crippen molar-refractivity contribution in [3.05, 3.63) is 39.9 Å². The first-order valence-electron chi connectivity index (χ1n) is 5.85. The second-order valence-corrected chi connectivity index (χ2v) is 4.48. The maximum atomic E-state index is 10.9. The average molecular weight is 235 g/mol. The molecule has 5 nitrogen and oxygen atoms in total. The maximum absolute atomic E-state index is 10.9. The molecule has 1 saturated heterocycles. The third-order valence-electron chi connectivity index (χ3n) is 3.04. The summed E-state index contributed by atoms with van der Waals surface area (Å²) < 4.78 is 0. The number of nitrogens with one attached hydrogen (secondary N) is 1. The third-order valence-corrected chi connectivity index (χ3v) is 3.04. The van der Waals surface area contributed by atoms with E-state index >= 15 is 0 Å². The highest BCUT2D eigenvalue weighted by Crippen LogP contribution is 2.19. The van der Waals surface area contributed by atoms with Crippen LogP contribution in [-0.2, 0) is 6.54 Å². The van der Waals surface area contributed by atoms with Crippen molar-refractivity contribution in [2.75, 3.05) is 19.6 Å². The molecule has 92 valence electrons. The van der Waals surface area contributed by atoms with Crippen LogP contribution in [0.15, 0.2) is 24.3 Å². The van der Waals surface area contributed by atoms with Gasteiger partial charge in [-0.3, -0.25) is 15.0 Å². The molecule has 1 heterocycles. The summed E-state index contributed by atoms with van der Waals surface area (Å²) in [5, 5.41) is 14.3. The summed E-state index contributed by atoms with van der Waals surface area (Å²) >= 11 is 0. The molecule has 1 aliphatic rings. The van der Waals surface area contributed by atoms with Crippen LogP contribution in [0.5, 0.6) is 0 Å². The van der Waals surface area contributed by atoms with E-state index in [2.05, 4.69) is 17.1 Å². The van der Waals surface area contributed by atoms with Crippen LogP contribution in [0.2, 0.25) is 0 Å². The van der Waals surface area contributed by atoms with E-state index in [9.17, 15) is 10.1 Å². The average Bonchev–Trinajstić information content (AvgIpc) is 2.29. The SMILES string of the molecule is C[C@@H]1CN(Cc2ccccc2[N+](=O)[O-])CCN1. The minimum absolute atomic E-state index is 0.221. The zero-order chi connectivity index (χ0) is 12.3. The number of nitro benzene ring substituents is 1. The largest absolute Gasteiger partial charge is 0.312 e. The van der Waals surface area contributed by atoms with Gasteiger partial charge >= 0.3 is 0 Å². The number of para-hydroxylation sites is 1. The van der Waals surface area contributed by atoms with Crippen molar-refractivity contribution < 1.29 is 4.92 Å². The number of nitrogens with zero attached hydrogens (tertiary/aromatic N) is 2. The Kier molecular flexibility index (Phi) is 3.71. The number of rotatable bonds is 3. The Bertz CT molecular complexity index is 408. The van der Waals surface area contributed by atoms with Gasteiger partial charge in [-0.05, 0) is 6.92 Å². The molecule has 0 unspecified atom stereocenters. The first-order valence-corrected chi connectivity index (χ1v) is 5.85. The standard InChI is InChI=1S/C12H17N3O2/c1-10-8-14(7-6-13-10)9-11-4-2-3-5-12(11)15(16)17/h2-5,10,13H,6-9H2,1H3/t10-/m1/s1. The van der Waals surface area contributed by atoms with Gasteiger partial charge in [-0.2, -0.15) is 0 Å². The highest BCUT2D eigenvalue weighted by Gasteiger charge is 2.19. The summed E-state index contributed by atoms with van der Waals surface area (Å²) in [7, 11) is 0. The van der Waals surface area contributed by atoms with Crippen molar-refractivity contribution in [2.45, 2.75) is 19.5 Å². The van der Waals surface area contributed by atoms with E-state index in [0.29, 0.717) is 12.6 Å². The first-order chi connectivity index (χ1) is 8.16. The fraction of sp³-hybridized carbons (Fsp3) is 0.500. The lowest BCUT2D eigenvalue weighted by Gasteiger charge is -2.31. The molecule has 0 spiro atoms. The number of nitro groups is 1. The van der Waals surface area contributed by atoms with Gasteiger partial charge in [0.2, 0.25) is 0 Å². The van der Waals surface area contributed by atoms with Gasteiger partial charge in [-0.15, -0.1) is 0 Å². The van der Waals surface area contributed by atoms with Gasteiger partial charge < -0.3 is 5.32 Å². The molecule has 2 rings (SSSR count). The number of hydrogen-bond acceptors (Lipinski definition) is 4. The maximum Gasteiger partial charge on any atom is 0.273 e. The summed E-state index contributed by atoms with van der Waals surface area (Å²) in [6.07, 6.45) is 0. The number of hydrogen-bond donors (Lipinski definition) is 1. The van der Waals surface area contributed by atoms with Gasteiger partial charge in [0.05, 0.1) is 4.92 Å². The minimum atomic E-state index is -0.305. The summed E-state index contributed by atoms with van der Waals surface area (Å²) in [4.78, 5) is 12.9. The lowest BCUT2D eigenvalue weighted by molar-refractivity contribution is -0.385. The lowest BCUT2D eigenvalue weighted by Crippen LogP contribution is -2.48. The Morgan fingerprint density at radius 3 is 3.00 bits per heavy atom. The van der Waals surface area contributed by atoms with E-state index in [-0.39, 0.29) is 10.6 Å². The van der Waals surface area contributed by atoms with Crippen LogP contribution in [-0.4, -0.2) is 35.5 Å². The van der Waals surface area contributed by atoms with Crippen molar-refractivity contribution in [1.29, 1.82) is 0 Å². The number of piperazine rings is 1. The van der Waals surface area contributed by atoms with E-state index in [4.69, 9.17) is 0 Å². The van der Waals surface area contributed by atoms with Crippen LogP contribution >= 0.6 is 0 Å². The predicted octanol–water partition coefficient (Wildman–Crippen LogP) is 1.39. The second kappa shape index (κ2) is 5.25. The van der Waals surface area contributed by atoms with Gasteiger partial charge in [-0.1, -0.05) is 18.2 Å². The van der Waals surface area contributed by atoms with Crippen LogP contribution in [0.1, 0.15) is 12.5 Å². The molecule has 17 heavy (non-hydrogen) atoms. The van der Waals surface area contributed by atoms with Crippen molar-refractivity contribution in [3.63, 3.8) is 0 Å². The van der Waals surface area contributed by atoms with E-state index in [0.717, 1.165) is 25.2 Å². The lowest BCUT2D eigenvalue weighted by atomic mass is 10.1. The Labute approximate surface area is 101 Å². The van der Waals surface area contributed by atoms with Gasteiger partial charge in [0.1, 0.15) is 0 Å². The highest BCUT2D eigenvalue weighted by atomic mass is 16.6. The Hall–Kier alpha value is -1.46. The second-order valence-electron chi connectivity index (χ2n) is 4.48. The molecule has 0 saturated carbocycles. The molecule has 0 amide bonds. The Balaban J connectivity index is 2.10. The van der Waals surface area contributed by atoms with E-state index in [1.54, 1.807) is 12.1 Å². The van der Waals surface area contributed by atoms with Gasteiger partial charge in [0.15, 0.2) is 0 Å². The molecule has 1 aliphatic heterocycles. The molecule has 1 fully saturated rings. The first kappa shape index (κ1) is 12.0. The monoisotopic (exact) mass is 235 g/mol. The minimum Gasteiger partial charge on any atom is -0.312 e. The third kappa shape index (κ3) is 3.01. The van der Waals surface area contributed by atoms with Gasteiger partial charge in [-0.25, -0.2) is 0 Å². The highest BCUT2D eigenvalue weighted by molar-refractivity contribution is 5.39. The Morgan fingerprint density at radius 1 is 1.53 bits per heavy atom. The smallest absolute Gasteiger partial charge is 0.273 e. The molecule has 1 aromatic carbocycles. The van der Waals surface area contributed by atoms with Crippen molar-refractivity contribution >= 4 is 5.69 Å². The van der Waals surface area contributed by atoms with Crippen LogP contribution in [0.25, 0.3) is 0 Å². The van der Waals surface area contributed by atoms with Crippen molar-refractivity contribution in [2.24, 2.45) is 0 Å². The topological polar surface area (TPSA) is 58.4 Å². The molecule has 1 atom stereocenters. The van der Waals surface area contributed by atoms with Crippen LogP contribution in [0, 0.1) is 10.1 Å². The van der Waals surface area contributed by atoms with E-state index in [1.807, 2.05) is 12.1 Å². The fourth-order valence-corrected chi connectivity index (χ4v) is 2.22. The normalized spacial score (nSPS) is 21.4. The van der Waals surface area contributed by atoms with Crippen molar-refractivity contribution in [1.82, 2.24) is 10.2 Å². The Morgan fingerprint density at radius 2 is 2.29 bits per heavy atom. The van der Waals surface area contributed by atoms with Crippen LogP contribution < -0.4 is 5.32 Å². The molecule has 1 N–H and O–H groups in total. The summed E-state index contributed by atoms with van der Waals surface area (Å²) in [6.45, 7) is 5.61. The zero-order valence-corrected chi connectivity index (χ0v) is 9.93. The molecule has 1 aromatic rings. The fourth-order valence-electron chi connectivity index (χ4n) is 2.22. The molecule has 0 radical (unpaired) electrons. The summed E-state index contributed by atoms with van der Waals surface area (Å²) in [6, 6.07) is 7.42. The quantitative estimate of drug-likeness (QED) is 0.635. The molecule has 0 bridgehead atoms. The van der Waals surface area contributed by atoms with Crippen LogP contribution in [0.4, 0.5) is 5.69 Å². The molecule has 0 aliphatic carbocycles.